The Hall–Kier alpha value is -3.38. The van der Waals surface area contributed by atoms with Crippen molar-refractivity contribution in [3.8, 4) is 11.8 Å². The number of nitrogens with one attached hydrogen (secondary N) is 1. The molecular weight excluding hydrogens is 392 g/mol. The van der Waals surface area contributed by atoms with Gasteiger partial charge in [0.1, 0.15) is 11.6 Å². The Morgan fingerprint density at radius 2 is 1.90 bits per heavy atom. The van der Waals surface area contributed by atoms with E-state index in [-0.39, 0.29) is 11.5 Å². The van der Waals surface area contributed by atoms with E-state index in [0.717, 1.165) is 13.0 Å². The number of hydrogen-bond acceptors (Lipinski definition) is 5. The van der Waals surface area contributed by atoms with Crippen molar-refractivity contribution in [2.24, 2.45) is 4.40 Å². The lowest BCUT2D eigenvalue weighted by atomic mass is 10.2. The second kappa shape index (κ2) is 8.75. The van der Waals surface area contributed by atoms with Crippen LogP contribution in [0, 0.1) is 11.3 Å². The van der Waals surface area contributed by atoms with E-state index in [1.165, 1.54) is 24.3 Å². The maximum absolute atomic E-state index is 12.4. The van der Waals surface area contributed by atoms with Crippen LogP contribution in [-0.4, -0.2) is 45.3 Å². The first-order chi connectivity index (χ1) is 13.9. The lowest BCUT2D eigenvalue weighted by Crippen LogP contribution is -2.20. The number of nitriles is 1. The van der Waals surface area contributed by atoms with Gasteiger partial charge in [0.05, 0.1) is 16.5 Å². The van der Waals surface area contributed by atoms with Crippen LogP contribution in [0.15, 0.2) is 57.8 Å². The van der Waals surface area contributed by atoms with E-state index in [1.54, 1.807) is 24.3 Å². The molecule has 1 aliphatic rings. The Labute approximate surface area is 169 Å². The van der Waals surface area contributed by atoms with Crippen LogP contribution >= 0.6 is 0 Å². The highest BCUT2D eigenvalue weighted by molar-refractivity contribution is 7.90. The topological polar surface area (TPSA) is 112 Å². The Morgan fingerprint density at radius 3 is 2.48 bits per heavy atom. The Kier molecular flexibility index (Phi) is 6.14. The van der Waals surface area contributed by atoms with Gasteiger partial charge in [-0.15, -0.1) is 4.40 Å². The molecule has 9 heteroatoms. The minimum absolute atomic E-state index is 0.0668. The zero-order chi connectivity index (χ0) is 20.9. The molecule has 1 amide bonds. The number of likely N-dealkylation sites (tertiary alicyclic amines) is 1. The molecular formula is C20H20N4O4S. The third-order valence-corrected chi connectivity index (χ3v) is 5.67. The molecule has 8 nitrogen and oxygen atoms in total. The van der Waals surface area contributed by atoms with Gasteiger partial charge in [-0.3, -0.25) is 4.79 Å². The van der Waals surface area contributed by atoms with Gasteiger partial charge in [0.2, 0.25) is 0 Å². The minimum atomic E-state index is -3.79. The van der Waals surface area contributed by atoms with Crippen molar-refractivity contribution in [1.29, 1.82) is 5.26 Å². The van der Waals surface area contributed by atoms with E-state index in [9.17, 15) is 13.2 Å². The average Bonchev–Trinajstić information content (AvgIpc) is 3.11. The first kappa shape index (κ1) is 20.4. The SMILES string of the molecule is CN1CCCC1=NS(=O)(=O)c1ccc(NC(=O)COc2ccc(C#N)cc2)cc1. The lowest BCUT2D eigenvalue weighted by molar-refractivity contribution is -0.118. The van der Waals surface area contributed by atoms with E-state index >= 15 is 0 Å². The molecule has 1 fully saturated rings. The molecule has 0 aromatic heterocycles. The number of sulfonamides is 1. The molecule has 1 N–H and O–H groups in total. The number of nitrogens with zero attached hydrogens (tertiary/aromatic N) is 3. The first-order valence-electron chi connectivity index (χ1n) is 8.95. The number of amidine groups is 1. The van der Waals surface area contributed by atoms with Gasteiger partial charge < -0.3 is 15.0 Å². The fraction of sp³-hybridized carbons (Fsp3) is 0.250. The van der Waals surface area contributed by atoms with Gasteiger partial charge in [0.15, 0.2) is 6.61 Å². The molecule has 3 rings (SSSR count). The third kappa shape index (κ3) is 5.33. The summed E-state index contributed by atoms with van der Waals surface area (Å²) in [7, 11) is -1.97. The molecule has 2 aromatic carbocycles. The summed E-state index contributed by atoms with van der Waals surface area (Å²) in [6, 6.07) is 14.2. The summed E-state index contributed by atoms with van der Waals surface area (Å²) in [5.74, 6) is 0.636. The third-order valence-electron chi connectivity index (χ3n) is 4.35. The van der Waals surface area contributed by atoms with Gasteiger partial charge >= 0.3 is 0 Å². The summed E-state index contributed by atoms with van der Waals surface area (Å²) in [5, 5.41) is 11.4. The zero-order valence-electron chi connectivity index (χ0n) is 15.8. The molecule has 0 saturated carbocycles. The summed E-state index contributed by atoms with van der Waals surface area (Å²) in [6.45, 7) is 0.579. The standard InChI is InChI=1S/C20H20N4O4S/c1-24-12-2-3-19(24)23-29(26,27)18-10-6-16(7-11-18)22-20(25)14-28-17-8-4-15(13-21)5-9-17/h4-11H,2-3,12,14H2,1H3,(H,22,25). The first-order valence-corrected chi connectivity index (χ1v) is 10.4. The van der Waals surface area contributed by atoms with Crippen LogP contribution in [0.2, 0.25) is 0 Å². The van der Waals surface area contributed by atoms with Gasteiger partial charge in [-0.1, -0.05) is 0 Å². The van der Waals surface area contributed by atoms with E-state index in [4.69, 9.17) is 10.00 Å². The van der Waals surface area contributed by atoms with Crippen molar-refractivity contribution >= 4 is 27.5 Å². The number of carbonyl (C=O) groups excluding carboxylic acids is 1. The van der Waals surface area contributed by atoms with Crippen LogP contribution in [0.3, 0.4) is 0 Å². The smallest absolute Gasteiger partial charge is 0.283 e. The number of anilines is 1. The maximum atomic E-state index is 12.4. The van der Waals surface area contributed by atoms with Crippen LogP contribution in [0.25, 0.3) is 0 Å². The largest absolute Gasteiger partial charge is 0.484 e. The number of rotatable bonds is 6. The van der Waals surface area contributed by atoms with Crippen LogP contribution < -0.4 is 10.1 Å². The normalized spacial score (nSPS) is 15.2. The van der Waals surface area contributed by atoms with Crippen LogP contribution in [0.4, 0.5) is 5.69 Å². The zero-order valence-corrected chi connectivity index (χ0v) is 16.6. The molecule has 29 heavy (non-hydrogen) atoms. The van der Waals surface area contributed by atoms with Gasteiger partial charge in [0, 0.05) is 25.7 Å². The van der Waals surface area contributed by atoms with E-state index in [1.807, 2.05) is 18.0 Å². The molecule has 0 spiro atoms. The predicted octanol–water partition coefficient (Wildman–Crippen LogP) is 2.39. The summed E-state index contributed by atoms with van der Waals surface area (Å²) >= 11 is 0. The number of benzene rings is 2. The molecule has 0 radical (unpaired) electrons. The molecule has 2 aromatic rings. The lowest BCUT2D eigenvalue weighted by Gasteiger charge is -2.11. The second-order valence-corrected chi connectivity index (χ2v) is 8.11. The summed E-state index contributed by atoms with van der Waals surface area (Å²) < 4.78 is 34.1. The molecule has 1 aliphatic heterocycles. The maximum Gasteiger partial charge on any atom is 0.283 e. The highest BCUT2D eigenvalue weighted by Gasteiger charge is 2.20. The highest BCUT2D eigenvalue weighted by atomic mass is 32.2. The Morgan fingerprint density at radius 1 is 1.21 bits per heavy atom. The number of carbonyl (C=O) groups is 1. The van der Waals surface area contributed by atoms with Crippen LogP contribution in [-0.2, 0) is 14.8 Å². The number of hydrogen-bond donors (Lipinski definition) is 1. The van der Waals surface area contributed by atoms with Crippen LogP contribution in [0.5, 0.6) is 5.75 Å². The fourth-order valence-corrected chi connectivity index (χ4v) is 3.88. The fourth-order valence-electron chi connectivity index (χ4n) is 2.78. The van der Waals surface area contributed by atoms with Gasteiger partial charge in [-0.05, 0) is 55.0 Å². The van der Waals surface area contributed by atoms with E-state index < -0.39 is 15.9 Å². The van der Waals surface area contributed by atoms with Gasteiger partial charge in [-0.25, -0.2) is 0 Å². The molecule has 150 valence electrons. The molecule has 0 aliphatic carbocycles. The summed E-state index contributed by atoms with van der Waals surface area (Å²) in [4.78, 5) is 13.9. The molecule has 0 unspecified atom stereocenters. The summed E-state index contributed by atoms with van der Waals surface area (Å²) in [5.41, 5.74) is 0.949. The van der Waals surface area contributed by atoms with Gasteiger partial charge in [0.25, 0.3) is 15.9 Å². The van der Waals surface area contributed by atoms with Gasteiger partial charge in [-0.2, -0.15) is 13.7 Å². The van der Waals surface area contributed by atoms with E-state index in [2.05, 4.69) is 9.71 Å². The monoisotopic (exact) mass is 412 g/mol. The van der Waals surface area contributed by atoms with Crippen molar-refractivity contribution in [3.63, 3.8) is 0 Å². The predicted molar refractivity (Wildman–Crippen MR) is 108 cm³/mol. The molecule has 0 bridgehead atoms. The van der Waals surface area contributed by atoms with Crippen molar-refractivity contribution in [2.45, 2.75) is 17.7 Å². The van der Waals surface area contributed by atoms with Crippen molar-refractivity contribution in [1.82, 2.24) is 4.90 Å². The summed E-state index contributed by atoms with van der Waals surface area (Å²) in [6.07, 6.45) is 1.53. The molecule has 0 atom stereocenters. The minimum Gasteiger partial charge on any atom is -0.484 e. The number of ether oxygens (including phenoxy) is 1. The van der Waals surface area contributed by atoms with Crippen molar-refractivity contribution in [2.75, 3.05) is 25.5 Å². The quantitative estimate of drug-likeness (QED) is 0.780. The van der Waals surface area contributed by atoms with Crippen LogP contribution in [0.1, 0.15) is 18.4 Å². The van der Waals surface area contributed by atoms with Crippen molar-refractivity contribution in [3.05, 3.63) is 54.1 Å². The number of amides is 1. The highest BCUT2D eigenvalue weighted by Crippen LogP contribution is 2.19. The Balaban J connectivity index is 1.58. The molecule has 1 heterocycles. The second-order valence-electron chi connectivity index (χ2n) is 6.51. The van der Waals surface area contributed by atoms with Crippen molar-refractivity contribution < 1.29 is 17.9 Å². The Bertz CT molecular complexity index is 1060. The molecule has 1 saturated heterocycles. The average molecular weight is 412 g/mol. The van der Waals surface area contributed by atoms with E-state index in [0.29, 0.717) is 29.3 Å².